The van der Waals surface area contributed by atoms with Crippen LogP contribution in [0.3, 0.4) is 0 Å². The van der Waals surface area contributed by atoms with E-state index in [0.29, 0.717) is 0 Å². The highest BCUT2D eigenvalue weighted by atomic mass is 16.2. The van der Waals surface area contributed by atoms with E-state index in [-0.39, 0.29) is 23.4 Å². The Balaban J connectivity index is 1.99. The first-order chi connectivity index (χ1) is 11.0. The SMILES string of the molecule is CNC(=O)C1(c2ccnnc2)C=NN(C(C)C2(C#N)CC2)C1C. The van der Waals surface area contributed by atoms with E-state index in [1.165, 1.54) is 0 Å². The third-order valence-corrected chi connectivity index (χ3v) is 5.32. The third-order valence-electron chi connectivity index (χ3n) is 5.32. The molecule has 1 fully saturated rings. The van der Waals surface area contributed by atoms with Crippen molar-refractivity contribution in [2.24, 2.45) is 10.5 Å². The van der Waals surface area contributed by atoms with Crippen LogP contribution in [0.15, 0.2) is 23.6 Å². The molecule has 0 radical (unpaired) electrons. The van der Waals surface area contributed by atoms with Gasteiger partial charge >= 0.3 is 0 Å². The number of hydrogen-bond donors (Lipinski definition) is 1. The van der Waals surface area contributed by atoms with Gasteiger partial charge in [0.2, 0.25) is 5.91 Å². The number of carbonyl (C=O) groups is 1. The van der Waals surface area contributed by atoms with Gasteiger partial charge < -0.3 is 5.32 Å². The molecule has 0 spiro atoms. The molecular weight excluding hydrogens is 292 g/mol. The van der Waals surface area contributed by atoms with Crippen LogP contribution in [-0.4, -0.2) is 46.5 Å². The van der Waals surface area contributed by atoms with Crippen LogP contribution in [-0.2, 0) is 10.2 Å². The van der Waals surface area contributed by atoms with Crippen LogP contribution in [0.2, 0.25) is 0 Å². The molecule has 7 nitrogen and oxygen atoms in total. The number of hydrogen-bond acceptors (Lipinski definition) is 6. The summed E-state index contributed by atoms with van der Waals surface area (Å²) in [6.07, 6.45) is 6.62. The summed E-state index contributed by atoms with van der Waals surface area (Å²) in [4.78, 5) is 12.7. The molecule has 0 bridgehead atoms. The zero-order chi connectivity index (χ0) is 16.7. The summed E-state index contributed by atoms with van der Waals surface area (Å²) in [7, 11) is 1.61. The molecule has 1 N–H and O–H groups in total. The molecule has 3 unspecified atom stereocenters. The van der Waals surface area contributed by atoms with Crippen molar-refractivity contribution in [2.75, 3.05) is 7.05 Å². The number of amides is 1. The first kappa shape index (κ1) is 15.4. The predicted molar refractivity (Wildman–Crippen MR) is 84.3 cm³/mol. The number of likely N-dealkylation sites (N-methyl/N-ethyl adjacent to an activating group) is 1. The summed E-state index contributed by atoms with van der Waals surface area (Å²) < 4.78 is 0. The van der Waals surface area contributed by atoms with Crippen molar-refractivity contribution in [1.29, 1.82) is 5.26 Å². The van der Waals surface area contributed by atoms with Crippen LogP contribution in [0.1, 0.15) is 32.3 Å². The molecule has 7 heteroatoms. The first-order valence-corrected chi connectivity index (χ1v) is 7.76. The Hall–Kier alpha value is -2.49. The second-order valence-corrected chi connectivity index (χ2v) is 6.32. The highest BCUT2D eigenvalue weighted by molar-refractivity contribution is 6.06. The van der Waals surface area contributed by atoms with E-state index in [2.05, 4.69) is 26.7 Å². The van der Waals surface area contributed by atoms with Gasteiger partial charge in [-0.25, -0.2) is 0 Å². The van der Waals surface area contributed by atoms with Crippen molar-refractivity contribution in [2.45, 2.75) is 44.2 Å². The standard InChI is InChI=1S/C16H20N6O/c1-11(15(9-17)5-6-15)22-12(2)16(10-21-22,14(23)18-3)13-4-7-19-20-8-13/h4,7-8,10-12H,5-6H2,1-3H3,(H,18,23). The molecule has 1 aliphatic carbocycles. The Morgan fingerprint density at radius 2 is 2.26 bits per heavy atom. The summed E-state index contributed by atoms with van der Waals surface area (Å²) in [6, 6.07) is 3.95. The molecule has 120 valence electrons. The fraction of sp³-hybridized carbons (Fsp3) is 0.562. The van der Waals surface area contributed by atoms with Crippen LogP contribution in [0.5, 0.6) is 0 Å². The Morgan fingerprint density at radius 1 is 1.52 bits per heavy atom. The lowest BCUT2D eigenvalue weighted by molar-refractivity contribution is -0.125. The van der Waals surface area contributed by atoms with Gasteiger partial charge in [-0.05, 0) is 38.3 Å². The van der Waals surface area contributed by atoms with Crippen molar-refractivity contribution in [1.82, 2.24) is 20.5 Å². The minimum atomic E-state index is -0.926. The zero-order valence-electron chi connectivity index (χ0n) is 13.5. The van der Waals surface area contributed by atoms with Crippen molar-refractivity contribution >= 4 is 12.1 Å². The smallest absolute Gasteiger partial charge is 0.238 e. The Morgan fingerprint density at radius 3 is 2.78 bits per heavy atom. The Bertz CT molecular complexity index is 678. The van der Waals surface area contributed by atoms with Crippen molar-refractivity contribution in [3.05, 3.63) is 24.0 Å². The number of aromatic nitrogens is 2. The molecule has 23 heavy (non-hydrogen) atoms. The Kier molecular flexibility index (Phi) is 3.55. The minimum absolute atomic E-state index is 0.0416. The van der Waals surface area contributed by atoms with E-state index in [1.807, 2.05) is 18.9 Å². The van der Waals surface area contributed by atoms with Crippen molar-refractivity contribution < 1.29 is 4.79 Å². The molecule has 1 aromatic heterocycles. The van der Waals surface area contributed by atoms with Crippen LogP contribution >= 0.6 is 0 Å². The van der Waals surface area contributed by atoms with Gasteiger partial charge in [0.15, 0.2) is 0 Å². The maximum absolute atomic E-state index is 12.7. The van der Waals surface area contributed by atoms with Gasteiger partial charge in [-0.15, -0.1) is 0 Å². The van der Waals surface area contributed by atoms with Crippen LogP contribution in [0.25, 0.3) is 0 Å². The minimum Gasteiger partial charge on any atom is -0.358 e. The quantitative estimate of drug-likeness (QED) is 0.889. The van der Waals surface area contributed by atoms with Gasteiger partial charge in [0.25, 0.3) is 0 Å². The highest BCUT2D eigenvalue weighted by Crippen LogP contribution is 2.51. The van der Waals surface area contributed by atoms with Crippen molar-refractivity contribution in [3.63, 3.8) is 0 Å². The average Bonchev–Trinajstić information content (AvgIpc) is 3.32. The van der Waals surface area contributed by atoms with E-state index in [4.69, 9.17) is 0 Å². The lowest BCUT2D eigenvalue weighted by atomic mass is 9.75. The highest BCUT2D eigenvalue weighted by Gasteiger charge is 2.57. The normalized spacial score (nSPS) is 29.0. The van der Waals surface area contributed by atoms with E-state index in [0.717, 1.165) is 18.4 Å². The van der Waals surface area contributed by atoms with Gasteiger partial charge in [0.1, 0.15) is 5.41 Å². The monoisotopic (exact) mass is 312 g/mol. The largest absolute Gasteiger partial charge is 0.358 e. The molecule has 2 heterocycles. The zero-order valence-corrected chi connectivity index (χ0v) is 13.5. The second-order valence-electron chi connectivity index (χ2n) is 6.32. The summed E-state index contributed by atoms with van der Waals surface area (Å²) >= 11 is 0. The molecule has 0 saturated heterocycles. The lowest BCUT2D eigenvalue weighted by Crippen LogP contribution is -2.55. The second kappa shape index (κ2) is 5.30. The predicted octanol–water partition coefficient (Wildman–Crippen LogP) is 0.843. The van der Waals surface area contributed by atoms with Crippen LogP contribution in [0, 0.1) is 16.7 Å². The maximum atomic E-state index is 12.7. The molecule has 1 saturated carbocycles. The fourth-order valence-corrected chi connectivity index (χ4v) is 3.46. The van der Waals surface area contributed by atoms with E-state index in [1.54, 1.807) is 31.7 Å². The number of carbonyl (C=O) groups excluding carboxylic acids is 1. The van der Waals surface area contributed by atoms with E-state index < -0.39 is 5.41 Å². The maximum Gasteiger partial charge on any atom is 0.238 e. The average molecular weight is 312 g/mol. The van der Waals surface area contributed by atoms with Crippen LogP contribution in [0.4, 0.5) is 0 Å². The molecule has 1 aromatic rings. The molecular formula is C16H20N6O. The molecule has 2 aliphatic rings. The van der Waals surface area contributed by atoms with Crippen molar-refractivity contribution in [3.8, 4) is 6.07 Å². The van der Waals surface area contributed by atoms with Gasteiger partial charge in [0, 0.05) is 19.5 Å². The van der Waals surface area contributed by atoms with Gasteiger partial charge in [0.05, 0.1) is 29.8 Å². The third kappa shape index (κ3) is 2.09. The van der Waals surface area contributed by atoms with E-state index >= 15 is 0 Å². The van der Waals surface area contributed by atoms with Gasteiger partial charge in [-0.3, -0.25) is 9.80 Å². The number of hydrazone groups is 1. The Labute approximate surface area is 135 Å². The summed E-state index contributed by atoms with van der Waals surface area (Å²) in [5, 5.41) is 26.3. The number of rotatable bonds is 4. The summed E-state index contributed by atoms with van der Waals surface area (Å²) in [6.45, 7) is 3.97. The summed E-state index contributed by atoms with van der Waals surface area (Å²) in [5.74, 6) is -0.141. The first-order valence-electron chi connectivity index (χ1n) is 7.76. The van der Waals surface area contributed by atoms with E-state index in [9.17, 15) is 10.1 Å². The van der Waals surface area contributed by atoms with Gasteiger partial charge in [-0.1, -0.05) is 0 Å². The molecule has 0 aromatic carbocycles. The molecule has 3 rings (SSSR count). The lowest BCUT2D eigenvalue weighted by Gasteiger charge is -2.37. The number of nitrogens with one attached hydrogen (secondary N) is 1. The topological polar surface area (TPSA) is 94.3 Å². The molecule has 1 amide bonds. The number of nitriles is 1. The van der Waals surface area contributed by atoms with Crippen LogP contribution < -0.4 is 5.32 Å². The molecule has 1 aliphatic heterocycles. The van der Waals surface area contributed by atoms with Gasteiger partial charge in [-0.2, -0.15) is 20.6 Å². The molecule has 3 atom stereocenters. The fourth-order valence-electron chi connectivity index (χ4n) is 3.46. The number of nitrogens with zero attached hydrogens (tertiary/aromatic N) is 5. The summed E-state index contributed by atoms with van der Waals surface area (Å²) in [5.41, 5.74) is -0.523.